The van der Waals surface area contributed by atoms with Gasteiger partial charge in [-0.25, -0.2) is 4.79 Å². The minimum absolute atomic E-state index is 0.0767. The summed E-state index contributed by atoms with van der Waals surface area (Å²) in [6.07, 6.45) is -1.17. The molecule has 12 heteroatoms. The topological polar surface area (TPSA) is 191 Å². The molecule has 1 aromatic rings. The van der Waals surface area contributed by atoms with Crippen LogP contribution in [0.1, 0.15) is 19.4 Å². The van der Waals surface area contributed by atoms with Crippen molar-refractivity contribution in [2.45, 2.75) is 50.5 Å². The first-order valence-corrected chi connectivity index (χ1v) is 10.1. The number of carbonyl (C=O) groups is 4. The van der Waals surface area contributed by atoms with E-state index in [1.165, 1.54) is 26.0 Å². The molecule has 8 N–H and O–H groups in total. The number of phenolic OH excluding ortho intramolecular Hbond substituents is 1. The molecule has 5 atom stereocenters. The smallest absolute Gasteiger partial charge is 0.327 e. The Morgan fingerprint density at radius 3 is 2.06 bits per heavy atom. The Morgan fingerprint density at radius 1 is 1.00 bits per heavy atom. The average Bonchev–Trinajstić information content (AvgIpc) is 2.70. The van der Waals surface area contributed by atoms with E-state index in [1.807, 2.05) is 0 Å². The zero-order valence-electron chi connectivity index (χ0n) is 17.1. The second-order valence-electron chi connectivity index (χ2n) is 7.02. The average molecular weight is 457 g/mol. The molecule has 0 spiro atoms. The number of carboxylic acids is 1. The van der Waals surface area contributed by atoms with Crippen LogP contribution in [0, 0.1) is 0 Å². The van der Waals surface area contributed by atoms with Crippen LogP contribution in [0.5, 0.6) is 5.75 Å². The summed E-state index contributed by atoms with van der Waals surface area (Å²) in [6.45, 7) is 2.61. The molecule has 0 bridgehead atoms. The predicted molar refractivity (Wildman–Crippen MR) is 114 cm³/mol. The first-order valence-electron chi connectivity index (χ1n) is 9.42. The summed E-state index contributed by atoms with van der Waals surface area (Å²) in [7, 11) is 0. The molecule has 3 amide bonds. The number of nitrogens with one attached hydrogen (secondary N) is 3. The molecule has 0 heterocycles. The second kappa shape index (κ2) is 12.1. The predicted octanol–water partition coefficient (Wildman–Crippen LogP) is -1.87. The number of phenols is 1. The number of aliphatic hydroxyl groups is 1. The van der Waals surface area contributed by atoms with E-state index in [0.29, 0.717) is 5.56 Å². The fraction of sp³-hybridized carbons (Fsp3) is 0.474. The van der Waals surface area contributed by atoms with Crippen molar-refractivity contribution < 1.29 is 34.5 Å². The quantitative estimate of drug-likeness (QED) is 0.178. The van der Waals surface area contributed by atoms with Crippen LogP contribution in [0.25, 0.3) is 0 Å². The molecule has 0 saturated carbocycles. The first-order chi connectivity index (χ1) is 14.5. The van der Waals surface area contributed by atoms with Gasteiger partial charge in [0.05, 0.1) is 12.1 Å². The summed E-state index contributed by atoms with van der Waals surface area (Å²) >= 11 is 3.83. The lowest BCUT2D eigenvalue weighted by atomic mass is 10.1. The van der Waals surface area contributed by atoms with Crippen LogP contribution in [-0.4, -0.2) is 75.0 Å². The van der Waals surface area contributed by atoms with E-state index in [4.69, 9.17) is 10.8 Å². The molecule has 0 fully saturated rings. The molecule has 1 rings (SSSR count). The second-order valence-corrected chi connectivity index (χ2v) is 7.38. The van der Waals surface area contributed by atoms with E-state index in [0.717, 1.165) is 0 Å². The summed E-state index contributed by atoms with van der Waals surface area (Å²) in [5.41, 5.74) is 6.57. The van der Waals surface area contributed by atoms with E-state index in [9.17, 15) is 29.4 Å². The Balaban J connectivity index is 2.68. The number of rotatable bonds is 11. The van der Waals surface area contributed by atoms with Crippen LogP contribution >= 0.6 is 12.6 Å². The number of amides is 3. The van der Waals surface area contributed by atoms with Gasteiger partial charge in [0.15, 0.2) is 0 Å². The number of aliphatic hydroxyl groups excluding tert-OH is 1. The van der Waals surface area contributed by atoms with Gasteiger partial charge in [0.1, 0.15) is 23.9 Å². The van der Waals surface area contributed by atoms with Crippen molar-refractivity contribution in [3.05, 3.63) is 29.8 Å². The maximum Gasteiger partial charge on any atom is 0.327 e. The summed E-state index contributed by atoms with van der Waals surface area (Å²) in [5, 5.41) is 35.0. The van der Waals surface area contributed by atoms with Crippen LogP contribution in [0.4, 0.5) is 0 Å². The van der Waals surface area contributed by atoms with Crippen LogP contribution in [0.3, 0.4) is 0 Å². The van der Waals surface area contributed by atoms with E-state index < -0.39 is 54.0 Å². The van der Waals surface area contributed by atoms with Gasteiger partial charge in [-0.05, 0) is 38.0 Å². The highest BCUT2D eigenvalue weighted by atomic mass is 32.1. The fourth-order valence-electron chi connectivity index (χ4n) is 2.50. The van der Waals surface area contributed by atoms with Gasteiger partial charge in [-0.2, -0.15) is 12.6 Å². The third-order valence-electron chi connectivity index (χ3n) is 4.34. The number of thiol groups is 1. The van der Waals surface area contributed by atoms with E-state index in [-0.39, 0.29) is 17.9 Å². The molecule has 0 radical (unpaired) electrons. The number of carboxylic acid groups (broad SMARTS) is 1. The monoisotopic (exact) mass is 456 g/mol. The Kier molecular flexibility index (Phi) is 10.3. The van der Waals surface area contributed by atoms with Crippen LogP contribution in [0.15, 0.2) is 24.3 Å². The number of aliphatic carboxylic acids is 1. The van der Waals surface area contributed by atoms with Crippen LogP contribution in [0.2, 0.25) is 0 Å². The highest BCUT2D eigenvalue weighted by Crippen LogP contribution is 2.11. The highest BCUT2D eigenvalue weighted by molar-refractivity contribution is 7.80. The van der Waals surface area contributed by atoms with Crippen LogP contribution < -0.4 is 21.7 Å². The Hall–Kier alpha value is -2.83. The van der Waals surface area contributed by atoms with Crippen molar-refractivity contribution in [3.63, 3.8) is 0 Å². The van der Waals surface area contributed by atoms with Crippen molar-refractivity contribution in [2.75, 3.05) is 5.75 Å². The minimum Gasteiger partial charge on any atom is -0.508 e. The van der Waals surface area contributed by atoms with Gasteiger partial charge in [-0.1, -0.05) is 12.1 Å². The van der Waals surface area contributed by atoms with Crippen molar-refractivity contribution in [1.29, 1.82) is 0 Å². The van der Waals surface area contributed by atoms with Crippen molar-refractivity contribution >= 4 is 36.3 Å². The van der Waals surface area contributed by atoms with E-state index >= 15 is 0 Å². The van der Waals surface area contributed by atoms with Gasteiger partial charge in [0.2, 0.25) is 17.7 Å². The number of aromatic hydroxyl groups is 1. The van der Waals surface area contributed by atoms with E-state index in [1.54, 1.807) is 12.1 Å². The number of hydrogen-bond donors (Lipinski definition) is 8. The van der Waals surface area contributed by atoms with Gasteiger partial charge in [0.25, 0.3) is 0 Å². The number of nitrogens with two attached hydrogens (primary N) is 1. The molecular weight excluding hydrogens is 428 g/mol. The maximum absolute atomic E-state index is 12.4. The summed E-state index contributed by atoms with van der Waals surface area (Å²) in [4.78, 5) is 48.0. The molecule has 0 aliphatic carbocycles. The van der Waals surface area contributed by atoms with Crippen molar-refractivity contribution in [1.82, 2.24) is 16.0 Å². The zero-order chi connectivity index (χ0) is 23.7. The maximum atomic E-state index is 12.4. The highest BCUT2D eigenvalue weighted by Gasteiger charge is 2.31. The third-order valence-corrected chi connectivity index (χ3v) is 4.71. The molecule has 1 aromatic carbocycles. The largest absolute Gasteiger partial charge is 0.508 e. The van der Waals surface area contributed by atoms with Gasteiger partial charge >= 0.3 is 5.97 Å². The van der Waals surface area contributed by atoms with Gasteiger partial charge in [-0.3, -0.25) is 14.4 Å². The van der Waals surface area contributed by atoms with Crippen molar-refractivity contribution in [3.8, 4) is 5.75 Å². The third kappa shape index (κ3) is 8.44. The standard InChI is InChI=1S/C19H28N4O7S/c1-9(21-17(27)13(20)7-11-3-5-12(25)6-4-11)16(26)23-15(10(2)24)18(28)22-14(8-31)19(29)30/h3-6,9-10,13-15,24-25,31H,7-8,20H2,1-2H3,(H,21,27)(H,22,28)(H,23,26)(H,29,30). The molecule has 172 valence electrons. The summed E-state index contributed by atoms with van der Waals surface area (Å²) in [6, 6.07) is 1.33. The summed E-state index contributed by atoms with van der Waals surface area (Å²) in [5.74, 6) is -3.73. The fourth-order valence-corrected chi connectivity index (χ4v) is 2.74. The normalized spacial score (nSPS) is 15.6. The minimum atomic E-state index is -1.45. The molecule has 0 aliphatic heterocycles. The lowest BCUT2D eigenvalue weighted by molar-refractivity contribution is -0.142. The van der Waals surface area contributed by atoms with Gasteiger partial charge < -0.3 is 37.0 Å². The van der Waals surface area contributed by atoms with Crippen LogP contribution in [-0.2, 0) is 25.6 Å². The molecule has 11 nitrogen and oxygen atoms in total. The number of hydrogen-bond acceptors (Lipinski definition) is 8. The molecule has 31 heavy (non-hydrogen) atoms. The SMILES string of the molecule is CC(NC(=O)C(N)Cc1ccc(O)cc1)C(=O)NC(C(=O)NC(CS)C(=O)O)C(C)O. The Morgan fingerprint density at radius 2 is 1.58 bits per heavy atom. The molecule has 0 aromatic heterocycles. The Bertz CT molecular complexity index is 788. The van der Waals surface area contributed by atoms with Gasteiger partial charge in [-0.15, -0.1) is 0 Å². The molecule has 5 unspecified atom stereocenters. The first kappa shape index (κ1) is 26.2. The molecular formula is C19H28N4O7S. The van der Waals surface area contributed by atoms with E-state index in [2.05, 4.69) is 28.6 Å². The lowest BCUT2D eigenvalue weighted by Crippen LogP contribution is -2.59. The number of benzene rings is 1. The number of carbonyl (C=O) groups excluding carboxylic acids is 3. The lowest BCUT2D eigenvalue weighted by Gasteiger charge is -2.25. The zero-order valence-corrected chi connectivity index (χ0v) is 18.0. The summed E-state index contributed by atoms with van der Waals surface area (Å²) < 4.78 is 0. The Labute approximate surface area is 184 Å². The van der Waals surface area contributed by atoms with Gasteiger partial charge in [0, 0.05) is 5.75 Å². The molecule has 0 saturated heterocycles. The molecule has 0 aliphatic rings. The van der Waals surface area contributed by atoms with Crippen molar-refractivity contribution in [2.24, 2.45) is 5.73 Å².